The van der Waals surface area contributed by atoms with Gasteiger partial charge < -0.3 is 29.5 Å². The van der Waals surface area contributed by atoms with Gasteiger partial charge in [-0.3, -0.25) is 0 Å². The van der Waals surface area contributed by atoms with Crippen LogP contribution in [0.2, 0.25) is 0 Å². The maximum Gasteiger partial charge on any atom is 0.228 e. The van der Waals surface area contributed by atoms with Crippen LogP contribution in [0.15, 0.2) is 48.5 Å². The summed E-state index contributed by atoms with van der Waals surface area (Å²) in [5, 5.41) is 29.1. The second-order valence-corrected chi connectivity index (χ2v) is 7.72. The number of aliphatic hydroxyl groups excluding tert-OH is 3. The summed E-state index contributed by atoms with van der Waals surface area (Å²) in [5.74, 6) is 1.84. The van der Waals surface area contributed by atoms with E-state index in [1.165, 1.54) is 5.56 Å². The van der Waals surface area contributed by atoms with Gasteiger partial charge in [0.05, 0.1) is 6.61 Å². The molecule has 0 bridgehead atoms. The van der Waals surface area contributed by atoms with Gasteiger partial charge in [-0.15, -0.1) is 0 Å². The lowest BCUT2D eigenvalue weighted by molar-refractivity contribution is -0.242. The maximum atomic E-state index is 9.91. The van der Waals surface area contributed by atoms with Crippen molar-refractivity contribution in [2.45, 2.75) is 50.8 Å². The predicted molar refractivity (Wildman–Crippen MR) is 100 cm³/mol. The molecule has 27 heavy (non-hydrogen) atoms. The molecule has 6 heteroatoms. The molecule has 3 N–H and O–H groups in total. The molecule has 1 aliphatic heterocycles. The highest BCUT2D eigenvalue weighted by molar-refractivity contribution is 5.37. The first-order valence-corrected chi connectivity index (χ1v) is 8.95. The zero-order valence-electron chi connectivity index (χ0n) is 15.7. The molecular formula is C21H26O6. The highest BCUT2D eigenvalue weighted by Gasteiger charge is 2.38. The number of hydrogen-bond acceptors (Lipinski definition) is 6. The Bertz CT molecular complexity index is 735. The Morgan fingerprint density at radius 2 is 1.33 bits per heavy atom. The van der Waals surface area contributed by atoms with Crippen LogP contribution in [0.5, 0.6) is 17.2 Å². The summed E-state index contributed by atoms with van der Waals surface area (Å²) in [6.07, 6.45) is -4.80. The minimum atomic E-state index is -1.33. The Morgan fingerprint density at radius 1 is 0.815 bits per heavy atom. The largest absolute Gasteiger partial charge is 0.462 e. The van der Waals surface area contributed by atoms with Crippen molar-refractivity contribution in [2.24, 2.45) is 0 Å². The van der Waals surface area contributed by atoms with Crippen LogP contribution >= 0.6 is 0 Å². The third kappa shape index (κ3) is 4.78. The van der Waals surface area contributed by atoms with E-state index in [0.717, 1.165) is 5.75 Å². The molecule has 0 unspecified atom stereocenters. The van der Waals surface area contributed by atoms with Gasteiger partial charge in [-0.2, -0.15) is 0 Å². The molecular weight excluding hydrogens is 348 g/mol. The number of rotatable bonds is 4. The van der Waals surface area contributed by atoms with E-state index < -0.39 is 24.6 Å². The van der Waals surface area contributed by atoms with Gasteiger partial charge in [-0.05, 0) is 47.4 Å². The van der Waals surface area contributed by atoms with E-state index >= 15 is 0 Å². The molecule has 1 fully saturated rings. The van der Waals surface area contributed by atoms with Crippen LogP contribution in [-0.4, -0.2) is 46.5 Å². The first-order valence-electron chi connectivity index (χ1n) is 8.95. The standard InChI is InChI=1S/C21H26O6/c1-21(2,3)13-4-6-14(7-5-13)26-15-8-10-16(11-9-15)27-20-19(24)18(23)17(22)12-25-20/h4-11,17-20,22-24H,12H2,1-3H3/t17-,18-,19+,20+/m0/s1. The lowest BCUT2D eigenvalue weighted by atomic mass is 9.87. The first kappa shape index (κ1) is 19.6. The molecule has 4 atom stereocenters. The summed E-state index contributed by atoms with van der Waals surface area (Å²) >= 11 is 0. The molecule has 1 saturated heterocycles. The maximum absolute atomic E-state index is 9.91. The van der Waals surface area contributed by atoms with Gasteiger partial charge in [-0.1, -0.05) is 32.9 Å². The van der Waals surface area contributed by atoms with Crippen molar-refractivity contribution in [3.8, 4) is 17.2 Å². The third-order valence-corrected chi connectivity index (χ3v) is 4.49. The Hall–Kier alpha value is -2.12. The van der Waals surface area contributed by atoms with Crippen molar-refractivity contribution in [3.63, 3.8) is 0 Å². The smallest absolute Gasteiger partial charge is 0.228 e. The van der Waals surface area contributed by atoms with Gasteiger partial charge in [0.1, 0.15) is 35.6 Å². The molecule has 2 aromatic carbocycles. The fourth-order valence-corrected chi connectivity index (χ4v) is 2.76. The molecule has 146 valence electrons. The van der Waals surface area contributed by atoms with Gasteiger partial charge >= 0.3 is 0 Å². The van der Waals surface area contributed by atoms with E-state index in [-0.39, 0.29) is 12.0 Å². The summed E-state index contributed by atoms with van der Waals surface area (Å²) in [7, 11) is 0. The highest BCUT2D eigenvalue weighted by Crippen LogP contribution is 2.28. The van der Waals surface area contributed by atoms with E-state index in [1.54, 1.807) is 24.3 Å². The van der Waals surface area contributed by atoms with Crippen LogP contribution in [-0.2, 0) is 10.2 Å². The highest BCUT2D eigenvalue weighted by atomic mass is 16.7. The molecule has 1 aliphatic rings. The average molecular weight is 374 g/mol. The molecule has 0 aliphatic carbocycles. The molecule has 0 spiro atoms. The molecule has 0 amide bonds. The van der Waals surface area contributed by atoms with Gasteiger partial charge in [0.2, 0.25) is 6.29 Å². The number of benzene rings is 2. The van der Waals surface area contributed by atoms with Gasteiger partial charge in [0.15, 0.2) is 0 Å². The number of ether oxygens (including phenoxy) is 3. The van der Waals surface area contributed by atoms with E-state index in [9.17, 15) is 15.3 Å². The normalized spacial score (nSPS) is 25.9. The number of aliphatic hydroxyl groups is 3. The first-order chi connectivity index (χ1) is 12.7. The summed E-state index contributed by atoms with van der Waals surface area (Å²) in [4.78, 5) is 0. The van der Waals surface area contributed by atoms with Crippen LogP contribution in [0.4, 0.5) is 0 Å². The third-order valence-electron chi connectivity index (χ3n) is 4.49. The number of hydrogen-bond donors (Lipinski definition) is 3. The predicted octanol–water partition coefficient (Wildman–Crippen LogP) is 2.59. The van der Waals surface area contributed by atoms with Crippen molar-refractivity contribution in [1.82, 2.24) is 0 Å². The van der Waals surface area contributed by atoms with Crippen LogP contribution in [0, 0.1) is 0 Å². The van der Waals surface area contributed by atoms with Crippen molar-refractivity contribution >= 4 is 0 Å². The van der Waals surface area contributed by atoms with Gasteiger partial charge in [0, 0.05) is 0 Å². The Balaban J connectivity index is 1.60. The van der Waals surface area contributed by atoms with Gasteiger partial charge in [0.25, 0.3) is 0 Å². The SMILES string of the molecule is CC(C)(C)c1ccc(Oc2ccc(O[C@H]3OC[C@H](O)[C@H](O)[C@H]3O)cc2)cc1. The zero-order chi connectivity index (χ0) is 19.6. The van der Waals surface area contributed by atoms with Gasteiger partial charge in [-0.25, -0.2) is 0 Å². The van der Waals surface area contributed by atoms with Crippen molar-refractivity contribution in [1.29, 1.82) is 0 Å². The van der Waals surface area contributed by atoms with Crippen molar-refractivity contribution < 1.29 is 29.5 Å². The fourth-order valence-electron chi connectivity index (χ4n) is 2.76. The zero-order valence-corrected chi connectivity index (χ0v) is 15.7. The second-order valence-electron chi connectivity index (χ2n) is 7.72. The molecule has 0 saturated carbocycles. The van der Waals surface area contributed by atoms with Crippen molar-refractivity contribution in [2.75, 3.05) is 6.61 Å². The molecule has 2 aromatic rings. The second kappa shape index (κ2) is 7.86. The molecule has 1 heterocycles. The molecule has 6 nitrogen and oxygen atoms in total. The van der Waals surface area contributed by atoms with E-state index in [0.29, 0.717) is 11.5 Å². The van der Waals surface area contributed by atoms with Crippen LogP contribution in [0.1, 0.15) is 26.3 Å². The average Bonchev–Trinajstić information content (AvgIpc) is 2.63. The topological polar surface area (TPSA) is 88.4 Å². The minimum Gasteiger partial charge on any atom is -0.462 e. The summed E-state index contributed by atoms with van der Waals surface area (Å²) < 4.78 is 16.6. The minimum absolute atomic E-state index is 0.0902. The Labute approximate surface area is 158 Å². The molecule has 0 radical (unpaired) electrons. The monoisotopic (exact) mass is 374 g/mol. The molecule has 3 rings (SSSR count). The lowest BCUT2D eigenvalue weighted by Crippen LogP contribution is -2.54. The van der Waals surface area contributed by atoms with E-state index in [4.69, 9.17) is 14.2 Å². The fraction of sp³-hybridized carbons (Fsp3) is 0.429. The molecule has 0 aromatic heterocycles. The summed E-state index contributed by atoms with van der Waals surface area (Å²) in [6.45, 7) is 6.38. The lowest BCUT2D eigenvalue weighted by Gasteiger charge is -2.34. The van der Waals surface area contributed by atoms with E-state index in [2.05, 4.69) is 20.8 Å². The van der Waals surface area contributed by atoms with E-state index in [1.807, 2.05) is 24.3 Å². The van der Waals surface area contributed by atoms with Crippen molar-refractivity contribution in [3.05, 3.63) is 54.1 Å². The summed E-state index contributed by atoms with van der Waals surface area (Å²) in [5.41, 5.74) is 1.32. The quantitative estimate of drug-likeness (QED) is 0.762. The van der Waals surface area contributed by atoms with Crippen LogP contribution in [0.3, 0.4) is 0 Å². The van der Waals surface area contributed by atoms with Crippen LogP contribution < -0.4 is 9.47 Å². The Kier molecular flexibility index (Phi) is 5.72. The summed E-state index contributed by atoms with van der Waals surface area (Å²) in [6, 6.07) is 14.8. The van der Waals surface area contributed by atoms with Crippen LogP contribution in [0.25, 0.3) is 0 Å². The Morgan fingerprint density at radius 3 is 1.89 bits per heavy atom.